The van der Waals surface area contributed by atoms with Crippen LogP contribution < -0.4 is 25.0 Å². The molecule has 20 nitrogen and oxygen atoms in total. The summed E-state index contributed by atoms with van der Waals surface area (Å²) in [5.74, 6) is -3.40. The summed E-state index contributed by atoms with van der Waals surface area (Å²) in [6.07, 6.45) is -10.1. The fourth-order valence-corrected chi connectivity index (χ4v) is 11.9. The third-order valence-corrected chi connectivity index (χ3v) is 16.4. The number of likely N-dealkylation sites (N-methyl/N-ethyl adjacent to an activating group) is 1. The quantitative estimate of drug-likeness (QED) is 0.0868. The number of nitrogens with zero attached hydrogens (tertiary/aromatic N) is 1. The highest BCUT2D eigenvalue weighted by Gasteiger charge is 2.54. The van der Waals surface area contributed by atoms with E-state index in [1.165, 1.54) is 34.3 Å². The maximum Gasteiger partial charge on any atom is 0.312 e. The summed E-state index contributed by atoms with van der Waals surface area (Å²) in [5, 5.41) is 64.1. The number of hydrogen-bond donors (Lipinski definition) is 6. The van der Waals surface area contributed by atoms with Crippen molar-refractivity contribution in [2.75, 3.05) is 42.0 Å². The molecule has 0 radical (unpaired) electrons. The Hall–Kier alpha value is -4.29. The minimum Gasteiger partial charge on any atom is -0.496 e. The molecule has 3 aliphatic rings. The number of aliphatic hydroxyl groups is 5. The number of ether oxygens (including phenoxy) is 9. The van der Waals surface area contributed by atoms with E-state index in [-0.39, 0.29) is 72.3 Å². The fraction of sp³-hybridized carbons (Fsp3) is 0.702. The molecule has 0 amide bonds. The van der Waals surface area contributed by atoms with E-state index in [4.69, 9.17) is 47.0 Å². The highest BCUT2D eigenvalue weighted by Crippen LogP contribution is 2.42. The number of aliphatic hydroxyl groups excluding tert-OH is 3. The van der Waals surface area contributed by atoms with Gasteiger partial charge in [0, 0.05) is 67.8 Å². The molecule has 4 heterocycles. The maximum atomic E-state index is 14.6. The van der Waals surface area contributed by atoms with Crippen LogP contribution in [0.25, 0.3) is 22.3 Å². The van der Waals surface area contributed by atoms with E-state index in [0.29, 0.717) is 23.5 Å². The van der Waals surface area contributed by atoms with Gasteiger partial charge in [-0.25, -0.2) is 0 Å². The van der Waals surface area contributed by atoms with Crippen molar-refractivity contribution < 1.29 is 82.2 Å². The van der Waals surface area contributed by atoms with Crippen molar-refractivity contribution in [3.05, 3.63) is 52.7 Å². The Morgan fingerprint density at radius 2 is 1.52 bits per heavy atom. The van der Waals surface area contributed by atoms with Crippen LogP contribution >= 0.6 is 0 Å². The topological polar surface area (TPSA) is 264 Å². The molecule has 3 aromatic rings. The van der Waals surface area contributed by atoms with Gasteiger partial charge in [0.15, 0.2) is 18.0 Å². The van der Waals surface area contributed by atoms with Crippen molar-refractivity contribution in [2.45, 2.75) is 192 Å². The summed E-state index contributed by atoms with van der Waals surface area (Å²) < 4.78 is 60.7. The van der Waals surface area contributed by atoms with E-state index in [2.05, 4.69) is 5.32 Å². The molecule has 2 aromatic carbocycles. The van der Waals surface area contributed by atoms with Gasteiger partial charge in [-0.3, -0.25) is 14.4 Å². The molecule has 0 bridgehead atoms. The minimum atomic E-state index is -2.00. The monoisotopic (exact) mass is 1090 g/mol. The molecule has 0 saturated carbocycles. The molecule has 6 rings (SSSR count). The summed E-state index contributed by atoms with van der Waals surface area (Å²) in [6, 6.07) is 9.94. The number of nitrogens with one attached hydrogen (secondary N) is 1. The van der Waals surface area contributed by atoms with E-state index in [1.807, 2.05) is 32.8 Å². The molecule has 3 fully saturated rings. The average Bonchev–Trinajstić information content (AvgIpc) is 3.38. The fourth-order valence-electron chi connectivity index (χ4n) is 11.9. The van der Waals surface area contributed by atoms with Crippen molar-refractivity contribution in [3.63, 3.8) is 0 Å². The lowest BCUT2D eigenvalue weighted by Crippen LogP contribution is -2.62. The third-order valence-electron chi connectivity index (χ3n) is 16.4. The highest BCUT2D eigenvalue weighted by molar-refractivity contribution is 5.86. The van der Waals surface area contributed by atoms with E-state index in [0.717, 1.165) is 0 Å². The Morgan fingerprint density at radius 1 is 0.844 bits per heavy atom. The van der Waals surface area contributed by atoms with Gasteiger partial charge in [-0.15, -0.1) is 0 Å². The smallest absolute Gasteiger partial charge is 0.312 e. The number of benzene rings is 2. The molecular formula is C57H86N2O18. The molecule has 1 unspecified atom stereocenters. The summed E-state index contributed by atoms with van der Waals surface area (Å²) in [4.78, 5) is 43.2. The van der Waals surface area contributed by atoms with E-state index >= 15 is 0 Å². The van der Waals surface area contributed by atoms with Crippen LogP contribution in [0.5, 0.6) is 17.2 Å². The Balaban J connectivity index is 1.29. The average molecular weight is 1090 g/mol. The molecule has 0 aliphatic carbocycles. The Kier molecular flexibility index (Phi) is 20.5. The molecule has 3 aliphatic heterocycles. The van der Waals surface area contributed by atoms with E-state index in [9.17, 15) is 39.9 Å². The van der Waals surface area contributed by atoms with Crippen molar-refractivity contribution in [2.24, 2.45) is 23.7 Å². The van der Waals surface area contributed by atoms with Gasteiger partial charge in [-0.05, 0) is 105 Å². The Bertz CT molecular complexity index is 2500. The number of esters is 2. The molecule has 6 N–H and O–H groups in total. The van der Waals surface area contributed by atoms with Gasteiger partial charge < -0.3 is 82.8 Å². The van der Waals surface area contributed by atoms with Crippen molar-refractivity contribution in [1.29, 1.82) is 0 Å². The SMILES string of the molecule is CC[C@H]1OC(=O)[C@H](C)[C@@H](O[C@H]2C[C@@](C)(OC)[C@@H](O)[C@H](C)O2)[C@H](C)[C@@H](O[C@@H]2O[C@H](C)C[C@H](N(C)C)[C@H]2O)[C@](C)(O)C[C@@H](C)C(NCCC(=O)Oc2ccc(-c3cc(=O)c4c(OC)cc(OC)cc4o3)cc2)[C@H](C)[C@@H](O)[C@]1(C)O. The first kappa shape index (κ1) is 61.9. The minimum absolute atomic E-state index is 0.0166. The number of fused-ring (bicyclic) bond motifs is 1. The van der Waals surface area contributed by atoms with Gasteiger partial charge in [-0.1, -0.05) is 27.7 Å². The van der Waals surface area contributed by atoms with Crippen LogP contribution in [0.2, 0.25) is 0 Å². The lowest BCUT2D eigenvalue weighted by molar-refractivity contribution is -0.318. The molecule has 77 heavy (non-hydrogen) atoms. The largest absolute Gasteiger partial charge is 0.496 e. The number of rotatable bonds is 15. The molecule has 20 heteroatoms. The molecule has 0 spiro atoms. The number of cyclic esters (lactones) is 1. The lowest BCUT2D eigenvalue weighted by atomic mass is 9.72. The normalized spacial score (nSPS) is 37.7. The van der Waals surface area contributed by atoms with Gasteiger partial charge in [0.05, 0.1) is 68.3 Å². The van der Waals surface area contributed by atoms with Crippen LogP contribution in [0.3, 0.4) is 0 Å². The summed E-state index contributed by atoms with van der Waals surface area (Å²) in [5.41, 5.74) is -4.40. The first-order valence-electron chi connectivity index (χ1n) is 26.9. The van der Waals surface area contributed by atoms with Crippen LogP contribution in [0.15, 0.2) is 51.7 Å². The molecule has 1 aromatic heterocycles. The molecular weight excluding hydrogens is 1000 g/mol. The second kappa shape index (κ2) is 25.4. The number of methoxy groups -OCH3 is 3. The van der Waals surface area contributed by atoms with Crippen LogP contribution in [0, 0.1) is 23.7 Å². The van der Waals surface area contributed by atoms with Gasteiger partial charge in [0.1, 0.15) is 57.9 Å². The van der Waals surface area contributed by atoms with Crippen molar-refractivity contribution in [1.82, 2.24) is 10.2 Å². The molecule has 19 atom stereocenters. The van der Waals surface area contributed by atoms with Crippen LogP contribution in [0.1, 0.15) is 101 Å². The predicted molar refractivity (Wildman–Crippen MR) is 284 cm³/mol. The van der Waals surface area contributed by atoms with Crippen molar-refractivity contribution >= 4 is 22.9 Å². The van der Waals surface area contributed by atoms with Crippen LogP contribution in [-0.4, -0.2) is 175 Å². The summed E-state index contributed by atoms with van der Waals surface area (Å²) >= 11 is 0. The van der Waals surface area contributed by atoms with Crippen LogP contribution in [-0.2, 0) is 38.0 Å². The van der Waals surface area contributed by atoms with Gasteiger partial charge in [-0.2, -0.15) is 0 Å². The second-order valence-corrected chi connectivity index (χ2v) is 22.6. The zero-order chi connectivity index (χ0) is 57.1. The number of carbonyl (C=O) groups is 2. The predicted octanol–water partition coefficient (Wildman–Crippen LogP) is 4.96. The Morgan fingerprint density at radius 3 is 2.13 bits per heavy atom. The summed E-state index contributed by atoms with van der Waals surface area (Å²) in [6.45, 7) is 17.1. The van der Waals surface area contributed by atoms with Gasteiger partial charge >= 0.3 is 11.9 Å². The van der Waals surface area contributed by atoms with Crippen LogP contribution in [0.4, 0.5) is 0 Å². The standard InChI is InChI=1S/C57H86N2O18/c1-16-43-57(10,67)50(63)31(4)47(58-22-21-44(61)73-36-19-17-35(18-20-36)40-26-39(60)46-41(69-14)24-37(68-13)25-42(46)74-40)29(2)27-55(8,66)52(77-54-48(62)38(59(11)12)23-30(3)71-54)32(5)49(33(6)53(65)75-43)76-45-28-56(9,70-15)51(64)34(7)72-45/h17-20,24-26,29-34,38,43,45,47-52,54,58,62-64,66-67H,16,21-23,27-28H2,1-15H3/t29-,30-,31+,32+,33-,34+,38+,43-,45+,47?,48-,49+,50-,51+,52-,54+,55-,56-,57-/m1/s1. The van der Waals surface area contributed by atoms with Gasteiger partial charge in [0.2, 0.25) is 0 Å². The number of carbonyl (C=O) groups excluding carboxylic acids is 2. The van der Waals surface area contributed by atoms with E-state index < -0.39 is 114 Å². The van der Waals surface area contributed by atoms with Gasteiger partial charge in [0.25, 0.3) is 0 Å². The Labute approximate surface area is 452 Å². The zero-order valence-corrected chi connectivity index (χ0v) is 47.5. The molecule has 432 valence electrons. The first-order chi connectivity index (χ1) is 36.1. The highest BCUT2D eigenvalue weighted by atomic mass is 16.7. The first-order valence-corrected chi connectivity index (χ1v) is 26.9. The maximum absolute atomic E-state index is 14.6. The third kappa shape index (κ3) is 13.8. The van der Waals surface area contributed by atoms with E-state index in [1.54, 1.807) is 84.9 Å². The molecule has 3 saturated heterocycles. The second-order valence-electron chi connectivity index (χ2n) is 22.6. The van der Waals surface area contributed by atoms with Crippen molar-refractivity contribution in [3.8, 4) is 28.6 Å². The lowest BCUT2D eigenvalue weighted by Gasteiger charge is -2.49. The zero-order valence-electron chi connectivity index (χ0n) is 47.5. The number of hydrogen-bond acceptors (Lipinski definition) is 20. The summed E-state index contributed by atoms with van der Waals surface area (Å²) in [7, 11) is 8.14.